The van der Waals surface area contributed by atoms with Gasteiger partial charge in [-0.05, 0) is 63.3 Å². The summed E-state index contributed by atoms with van der Waals surface area (Å²) < 4.78 is 31.0. The van der Waals surface area contributed by atoms with Crippen molar-refractivity contribution in [1.82, 2.24) is 4.98 Å². The lowest BCUT2D eigenvalue weighted by molar-refractivity contribution is -0.128. The number of para-hydroxylation sites is 1. The zero-order chi connectivity index (χ0) is 32.3. The fourth-order valence-electron chi connectivity index (χ4n) is 7.35. The second-order valence-corrected chi connectivity index (χ2v) is 16.9. The molecule has 0 saturated heterocycles. The molecule has 2 saturated carbocycles. The van der Waals surface area contributed by atoms with E-state index in [2.05, 4.69) is 119 Å². The Labute approximate surface area is 263 Å². The summed E-state index contributed by atoms with van der Waals surface area (Å²) in [5.74, 6) is -0.101. The summed E-state index contributed by atoms with van der Waals surface area (Å²) in [4.78, 5) is 15.6. The van der Waals surface area contributed by atoms with Gasteiger partial charge in [-0.2, -0.15) is 8.42 Å². The number of nitrogens with one attached hydrogen (secondary N) is 1. The van der Waals surface area contributed by atoms with E-state index in [1.54, 1.807) is 0 Å². The van der Waals surface area contributed by atoms with Crippen LogP contribution in [0.25, 0.3) is 33.3 Å². The van der Waals surface area contributed by atoms with Gasteiger partial charge in [-0.25, -0.2) is 0 Å². The van der Waals surface area contributed by atoms with E-state index in [0.29, 0.717) is 12.8 Å². The van der Waals surface area contributed by atoms with Crippen LogP contribution < -0.4 is 0 Å². The number of hydrogen-bond acceptors (Lipinski definition) is 3. The van der Waals surface area contributed by atoms with Gasteiger partial charge in [-0.1, -0.05) is 122 Å². The van der Waals surface area contributed by atoms with Crippen molar-refractivity contribution >= 4 is 26.8 Å². The van der Waals surface area contributed by atoms with E-state index in [9.17, 15) is 13.2 Å². The molecule has 0 spiro atoms. The van der Waals surface area contributed by atoms with Crippen LogP contribution >= 0.6 is 0 Å². The fourth-order valence-corrected chi connectivity index (χ4v) is 8.65. The molecule has 6 rings (SSSR count). The van der Waals surface area contributed by atoms with Crippen molar-refractivity contribution in [3.8, 4) is 22.4 Å². The third-order valence-electron chi connectivity index (χ3n) is 10.4. The molecule has 0 amide bonds. The maximum Gasteiger partial charge on any atom is 0.265 e. The molecule has 6 heteroatoms. The summed E-state index contributed by atoms with van der Waals surface area (Å²) in [5, 5.41) is 1.27. The van der Waals surface area contributed by atoms with E-state index in [4.69, 9.17) is 4.55 Å². The SMILES string of the molecule is CC(C)(C)c1ccc(-c2[nH]c3ccccc3c2-c2ccc(C(C)(C)C)cc2)cc1.CC1(C)C2CCC1(CS(=O)(=O)O)C(=O)C2. The minimum atomic E-state index is -4.08. The fraction of sp³-hybridized carbons (Fsp3) is 0.447. The number of carbonyl (C=O) groups excluding carboxylic acids is 1. The van der Waals surface area contributed by atoms with E-state index in [-0.39, 0.29) is 27.9 Å². The van der Waals surface area contributed by atoms with Gasteiger partial charge >= 0.3 is 0 Å². The van der Waals surface area contributed by atoms with Crippen molar-refractivity contribution in [1.29, 1.82) is 0 Å². The van der Waals surface area contributed by atoms with Gasteiger partial charge in [0.2, 0.25) is 0 Å². The van der Waals surface area contributed by atoms with Gasteiger partial charge in [0.05, 0.1) is 16.9 Å². The zero-order valence-electron chi connectivity index (χ0n) is 27.4. The van der Waals surface area contributed by atoms with Gasteiger partial charge in [-0.3, -0.25) is 9.35 Å². The maximum atomic E-state index is 11.9. The standard InChI is InChI=1S/C28H31N.C10H16O4S/c1-27(2,3)21-15-11-19(12-16-21)25-23-9-7-8-10-24(23)29-26(25)20-13-17-22(18-14-20)28(4,5)6;1-9(2)7-3-4-10(9,8(11)5-7)6-15(12,13)14/h7-18,29H,1-6H3;7H,3-6H2,1-2H3,(H,12,13,14). The average Bonchev–Trinajstić information content (AvgIpc) is 3.49. The van der Waals surface area contributed by atoms with Crippen LogP contribution in [0.15, 0.2) is 72.8 Å². The molecule has 1 aromatic heterocycles. The molecule has 2 N–H and O–H groups in total. The minimum absolute atomic E-state index is 0.0152. The van der Waals surface area contributed by atoms with Crippen LogP contribution in [-0.2, 0) is 25.7 Å². The number of hydrogen-bond donors (Lipinski definition) is 2. The normalized spacial score (nSPS) is 21.4. The Morgan fingerprint density at radius 3 is 1.80 bits per heavy atom. The Morgan fingerprint density at radius 1 is 0.818 bits per heavy atom. The Kier molecular flexibility index (Phi) is 8.04. The van der Waals surface area contributed by atoms with Crippen LogP contribution in [0.2, 0.25) is 0 Å². The second kappa shape index (κ2) is 11.0. The smallest absolute Gasteiger partial charge is 0.265 e. The highest BCUT2D eigenvalue weighted by Gasteiger charge is 2.65. The quantitative estimate of drug-likeness (QED) is 0.225. The molecule has 3 aromatic carbocycles. The summed E-state index contributed by atoms with van der Waals surface area (Å²) in [6.45, 7) is 17.4. The third kappa shape index (κ3) is 5.91. The average molecular weight is 614 g/mol. The van der Waals surface area contributed by atoms with E-state index >= 15 is 0 Å². The van der Waals surface area contributed by atoms with Crippen molar-refractivity contribution in [3.05, 3.63) is 83.9 Å². The predicted molar refractivity (Wildman–Crippen MR) is 182 cm³/mol. The molecule has 234 valence electrons. The van der Waals surface area contributed by atoms with Crippen molar-refractivity contribution in [3.63, 3.8) is 0 Å². The summed E-state index contributed by atoms with van der Waals surface area (Å²) in [5.41, 5.74) is 8.04. The van der Waals surface area contributed by atoms with E-state index in [1.807, 2.05) is 13.8 Å². The molecule has 2 bridgehead atoms. The largest absolute Gasteiger partial charge is 0.354 e. The lowest BCUT2D eigenvalue weighted by Gasteiger charge is -2.35. The molecule has 4 aromatic rings. The first-order valence-corrected chi connectivity index (χ1v) is 17.3. The molecular formula is C38H47NO4S. The van der Waals surface area contributed by atoms with Crippen LogP contribution in [0.1, 0.15) is 85.8 Å². The molecule has 5 nitrogen and oxygen atoms in total. The number of Topliss-reactive ketones (excluding diaryl/α,β-unsaturated/α-hetero) is 1. The topological polar surface area (TPSA) is 87.2 Å². The van der Waals surface area contributed by atoms with Gasteiger partial charge in [-0.15, -0.1) is 0 Å². The van der Waals surface area contributed by atoms with E-state index in [0.717, 1.165) is 6.42 Å². The highest BCUT2D eigenvalue weighted by Crippen LogP contribution is 2.64. The number of aromatic amines is 1. The first-order chi connectivity index (χ1) is 20.3. The lowest BCUT2D eigenvalue weighted by atomic mass is 9.70. The van der Waals surface area contributed by atoms with Crippen molar-refractivity contribution in [2.24, 2.45) is 16.7 Å². The molecule has 2 atom stereocenters. The van der Waals surface area contributed by atoms with Crippen molar-refractivity contribution < 1.29 is 17.8 Å². The molecule has 1 heterocycles. The van der Waals surface area contributed by atoms with Gasteiger partial charge in [0.15, 0.2) is 0 Å². The zero-order valence-corrected chi connectivity index (χ0v) is 28.2. The number of fused-ring (bicyclic) bond motifs is 3. The number of carbonyl (C=O) groups is 1. The number of benzene rings is 3. The Bertz CT molecular complexity index is 1780. The van der Waals surface area contributed by atoms with Gasteiger partial charge in [0.1, 0.15) is 5.78 Å². The summed E-state index contributed by atoms with van der Waals surface area (Å²) >= 11 is 0. The van der Waals surface area contributed by atoms with Crippen LogP contribution in [0.4, 0.5) is 0 Å². The van der Waals surface area contributed by atoms with Gasteiger partial charge in [0.25, 0.3) is 10.1 Å². The lowest BCUT2D eigenvalue weighted by Crippen LogP contribution is -2.42. The molecule has 44 heavy (non-hydrogen) atoms. The Hall–Kier alpha value is -3.22. The number of ketones is 1. The molecule has 2 unspecified atom stereocenters. The molecule has 2 aliphatic carbocycles. The minimum Gasteiger partial charge on any atom is -0.354 e. The van der Waals surface area contributed by atoms with Crippen LogP contribution in [0.5, 0.6) is 0 Å². The van der Waals surface area contributed by atoms with Crippen molar-refractivity contribution in [2.45, 2.75) is 85.5 Å². The molecule has 2 aliphatic rings. The van der Waals surface area contributed by atoms with Crippen LogP contribution in [0, 0.1) is 16.7 Å². The molecule has 0 radical (unpaired) electrons. The van der Waals surface area contributed by atoms with Gasteiger partial charge < -0.3 is 4.98 Å². The third-order valence-corrected chi connectivity index (χ3v) is 11.2. The number of H-pyrrole nitrogens is 1. The van der Waals surface area contributed by atoms with Crippen LogP contribution in [0.3, 0.4) is 0 Å². The first-order valence-electron chi connectivity index (χ1n) is 15.6. The highest BCUT2D eigenvalue weighted by atomic mass is 32.2. The predicted octanol–water partition coefficient (Wildman–Crippen LogP) is 9.37. The molecular weight excluding hydrogens is 566 g/mol. The summed E-state index contributed by atoms with van der Waals surface area (Å²) in [7, 11) is -4.08. The first kappa shape index (κ1) is 32.2. The monoisotopic (exact) mass is 613 g/mol. The summed E-state index contributed by atoms with van der Waals surface area (Å²) in [6.07, 6.45) is 1.97. The molecule has 0 aliphatic heterocycles. The number of aromatic nitrogens is 1. The maximum absolute atomic E-state index is 11.9. The van der Waals surface area contributed by atoms with Crippen LogP contribution in [-0.4, -0.2) is 29.5 Å². The van der Waals surface area contributed by atoms with E-state index in [1.165, 1.54) is 44.4 Å². The van der Waals surface area contributed by atoms with Gasteiger partial charge in [0, 0.05) is 22.9 Å². The Morgan fingerprint density at radius 2 is 1.34 bits per heavy atom. The highest BCUT2D eigenvalue weighted by molar-refractivity contribution is 7.85. The van der Waals surface area contributed by atoms with Crippen molar-refractivity contribution in [2.75, 3.05) is 5.75 Å². The van der Waals surface area contributed by atoms with E-state index < -0.39 is 21.3 Å². The number of rotatable bonds is 4. The summed E-state index contributed by atoms with van der Waals surface area (Å²) in [6, 6.07) is 26.7. The second-order valence-electron chi connectivity index (χ2n) is 15.5. The molecule has 2 fully saturated rings. The Balaban J connectivity index is 0.000000215.